The molecule has 0 aliphatic heterocycles. The van der Waals surface area contributed by atoms with Crippen LogP contribution in [0.25, 0.3) is 22.8 Å². The fourth-order valence-corrected chi connectivity index (χ4v) is 2.43. The summed E-state index contributed by atoms with van der Waals surface area (Å²) >= 11 is 3.47. The lowest BCUT2D eigenvalue weighted by Gasteiger charge is -2.09. The fraction of sp³-hybridized carbons (Fsp3) is 0.0625. The van der Waals surface area contributed by atoms with Crippen molar-refractivity contribution in [2.45, 2.75) is 6.92 Å². The van der Waals surface area contributed by atoms with Crippen molar-refractivity contribution in [3.05, 3.63) is 58.7 Å². The van der Waals surface area contributed by atoms with Crippen LogP contribution in [0.2, 0.25) is 0 Å². The largest absolute Gasteiger partial charge is 0.383 e. The Morgan fingerprint density at radius 2 is 1.81 bits per heavy atom. The number of rotatable bonds is 2. The molecule has 0 aliphatic rings. The maximum atomic E-state index is 6.01. The van der Waals surface area contributed by atoms with Gasteiger partial charge in [0.05, 0.1) is 10.2 Å². The molecule has 3 rings (SSSR count). The van der Waals surface area contributed by atoms with Gasteiger partial charge in [0.2, 0.25) is 0 Å². The lowest BCUT2D eigenvalue weighted by molar-refractivity contribution is 1.13. The van der Waals surface area contributed by atoms with Gasteiger partial charge in [0.25, 0.3) is 0 Å². The molecule has 0 atom stereocenters. The van der Waals surface area contributed by atoms with E-state index in [0.29, 0.717) is 21.8 Å². The van der Waals surface area contributed by atoms with Crippen LogP contribution in [0.3, 0.4) is 0 Å². The molecule has 0 saturated carbocycles. The molecule has 104 valence electrons. The van der Waals surface area contributed by atoms with Gasteiger partial charge in [-0.25, -0.2) is 9.97 Å². The summed E-state index contributed by atoms with van der Waals surface area (Å²) in [7, 11) is 0. The van der Waals surface area contributed by atoms with Gasteiger partial charge in [0.1, 0.15) is 11.5 Å². The van der Waals surface area contributed by atoms with Crippen LogP contribution in [-0.2, 0) is 0 Å². The van der Waals surface area contributed by atoms with E-state index < -0.39 is 0 Å². The Kier molecular flexibility index (Phi) is 3.66. The second-order valence-corrected chi connectivity index (χ2v) is 5.47. The molecule has 0 bridgehead atoms. The lowest BCUT2D eigenvalue weighted by atomic mass is 10.1. The number of aryl methyl sites for hydroxylation is 1. The van der Waals surface area contributed by atoms with Crippen LogP contribution in [-0.4, -0.2) is 15.0 Å². The zero-order valence-corrected chi connectivity index (χ0v) is 13.0. The average Bonchev–Trinajstić information content (AvgIpc) is 2.51. The summed E-state index contributed by atoms with van der Waals surface area (Å²) in [6.07, 6.45) is 1.74. The molecule has 0 fully saturated rings. The van der Waals surface area contributed by atoms with Crippen molar-refractivity contribution < 1.29 is 0 Å². The minimum Gasteiger partial charge on any atom is -0.383 e. The highest BCUT2D eigenvalue weighted by Gasteiger charge is 2.13. The fourth-order valence-electron chi connectivity index (χ4n) is 2.02. The number of pyridine rings is 1. The van der Waals surface area contributed by atoms with E-state index in [4.69, 9.17) is 5.73 Å². The molecule has 1 aromatic carbocycles. The van der Waals surface area contributed by atoms with Gasteiger partial charge in [0.15, 0.2) is 5.82 Å². The van der Waals surface area contributed by atoms with Crippen LogP contribution in [0.5, 0.6) is 0 Å². The molecule has 0 unspecified atom stereocenters. The van der Waals surface area contributed by atoms with Crippen LogP contribution >= 0.6 is 15.9 Å². The third-order valence-corrected chi connectivity index (χ3v) is 3.85. The van der Waals surface area contributed by atoms with E-state index in [0.717, 1.165) is 16.8 Å². The summed E-state index contributed by atoms with van der Waals surface area (Å²) in [6, 6.07) is 13.7. The predicted molar refractivity (Wildman–Crippen MR) is 87.5 cm³/mol. The summed E-state index contributed by atoms with van der Waals surface area (Å²) in [6.45, 7) is 2.01. The minimum absolute atomic E-state index is 0.405. The van der Waals surface area contributed by atoms with Gasteiger partial charge in [-0.3, -0.25) is 4.98 Å². The summed E-state index contributed by atoms with van der Waals surface area (Å²) in [5.41, 5.74) is 9.57. The van der Waals surface area contributed by atoms with Crippen molar-refractivity contribution in [2.24, 2.45) is 0 Å². The van der Waals surface area contributed by atoms with Crippen LogP contribution < -0.4 is 5.73 Å². The standard InChI is InChI=1S/C16H13BrN4/c1-10-7-8-19-12(9-10)16-20-14(13(17)15(18)21-16)11-5-3-2-4-6-11/h2-9H,1H3,(H2,18,20,21). The highest BCUT2D eigenvalue weighted by molar-refractivity contribution is 9.10. The second kappa shape index (κ2) is 5.61. The van der Waals surface area contributed by atoms with Crippen molar-refractivity contribution in [3.63, 3.8) is 0 Å². The third-order valence-electron chi connectivity index (χ3n) is 3.07. The molecule has 2 aromatic heterocycles. The second-order valence-electron chi connectivity index (χ2n) is 4.68. The van der Waals surface area contributed by atoms with Gasteiger partial charge >= 0.3 is 0 Å². The maximum Gasteiger partial charge on any atom is 0.180 e. The van der Waals surface area contributed by atoms with E-state index in [1.165, 1.54) is 0 Å². The summed E-state index contributed by atoms with van der Waals surface area (Å²) in [4.78, 5) is 13.3. The molecule has 5 heteroatoms. The molecular formula is C16H13BrN4. The number of anilines is 1. The van der Waals surface area contributed by atoms with Gasteiger partial charge in [-0.05, 0) is 40.5 Å². The van der Waals surface area contributed by atoms with Crippen LogP contribution in [0.4, 0.5) is 5.82 Å². The average molecular weight is 341 g/mol. The zero-order valence-electron chi connectivity index (χ0n) is 11.4. The first kappa shape index (κ1) is 13.7. The van der Waals surface area contributed by atoms with Crippen molar-refractivity contribution >= 4 is 21.7 Å². The first-order chi connectivity index (χ1) is 10.1. The first-order valence-electron chi connectivity index (χ1n) is 6.46. The number of aromatic nitrogens is 3. The SMILES string of the molecule is Cc1ccnc(-c2nc(N)c(Br)c(-c3ccccc3)n2)c1. The highest BCUT2D eigenvalue weighted by Crippen LogP contribution is 2.31. The third kappa shape index (κ3) is 2.78. The molecule has 0 saturated heterocycles. The van der Waals surface area contributed by atoms with Crippen LogP contribution in [0.15, 0.2) is 53.1 Å². The Balaban J connectivity index is 2.19. The topological polar surface area (TPSA) is 64.7 Å². The Morgan fingerprint density at radius 1 is 1.05 bits per heavy atom. The van der Waals surface area contributed by atoms with E-state index in [9.17, 15) is 0 Å². The van der Waals surface area contributed by atoms with Crippen molar-refractivity contribution in [3.8, 4) is 22.8 Å². The van der Waals surface area contributed by atoms with Gasteiger partial charge in [-0.1, -0.05) is 30.3 Å². The van der Waals surface area contributed by atoms with Crippen molar-refractivity contribution in [1.82, 2.24) is 15.0 Å². The smallest absolute Gasteiger partial charge is 0.180 e. The molecular weight excluding hydrogens is 328 g/mol. The predicted octanol–water partition coefficient (Wildman–Crippen LogP) is 3.86. The zero-order chi connectivity index (χ0) is 14.8. The molecule has 3 aromatic rings. The van der Waals surface area contributed by atoms with E-state index in [-0.39, 0.29) is 0 Å². The number of nitrogen functional groups attached to an aromatic ring is 1. The van der Waals surface area contributed by atoms with Crippen molar-refractivity contribution in [2.75, 3.05) is 5.73 Å². The number of halogens is 1. The quantitative estimate of drug-likeness (QED) is 0.769. The van der Waals surface area contributed by atoms with Gasteiger partial charge in [-0.2, -0.15) is 0 Å². The monoisotopic (exact) mass is 340 g/mol. The van der Waals surface area contributed by atoms with E-state index >= 15 is 0 Å². The Labute approximate surface area is 131 Å². The van der Waals surface area contributed by atoms with E-state index in [2.05, 4.69) is 30.9 Å². The number of nitrogens with zero attached hydrogens (tertiary/aromatic N) is 3. The highest BCUT2D eigenvalue weighted by atomic mass is 79.9. The first-order valence-corrected chi connectivity index (χ1v) is 7.26. The minimum atomic E-state index is 0.405. The summed E-state index contributed by atoms with van der Waals surface area (Å²) in [5.74, 6) is 0.931. The lowest BCUT2D eigenvalue weighted by Crippen LogP contribution is -2.01. The molecule has 2 heterocycles. The molecule has 4 nitrogen and oxygen atoms in total. The summed E-state index contributed by atoms with van der Waals surface area (Å²) in [5, 5.41) is 0. The van der Waals surface area contributed by atoms with Gasteiger partial charge in [-0.15, -0.1) is 0 Å². The molecule has 21 heavy (non-hydrogen) atoms. The van der Waals surface area contributed by atoms with Gasteiger partial charge < -0.3 is 5.73 Å². The van der Waals surface area contributed by atoms with Crippen LogP contribution in [0, 0.1) is 6.92 Å². The Hall–Kier alpha value is -2.27. The van der Waals surface area contributed by atoms with E-state index in [1.54, 1.807) is 6.20 Å². The maximum absolute atomic E-state index is 6.01. The molecule has 0 amide bonds. The number of benzene rings is 1. The van der Waals surface area contributed by atoms with E-state index in [1.807, 2.05) is 49.4 Å². The number of hydrogen-bond acceptors (Lipinski definition) is 4. The molecule has 2 N–H and O–H groups in total. The normalized spacial score (nSPS) is 10.6. The van der Waals surface area contributed by atoms with Crippen LogP contribution in [0.1, 0.15) is 5.56 Å². The van der Waals surface area contributed by atoms with Gasteiger partial charge in [0, 0.05) is 11.8 Å². The Morgan fingerprint density at radius 3 is 2.52 bits per heavy atom. The molecule has 0 aliphatic carbocycles. The van der Waals surface area contributed by atoms with Crippen molar-refractivity contribution in [1.29, 1.82) is 0 Å². The number of nitrogens with two attached hydrogens (primary N) is 1. The molecule has 0 spiro atoms. The number of hydrogen-bond donors (Lipinski definition) is 1. The molecule has 0 radical (unpaired) electrons. The summed E-state index contributed by atoms with van der Waals surface area (Å²) < 4.78 is 0.699. The Bertz CT molecular complexity index is 788.